The molecule has 306 valence electrons. The van der Waals surface area contributed by atoms with Crippen LogP contribution in [0.15, 0.2) is 34.9 Å². The summed E-state index contributed by atoms with van der Waals surface area (Å²) in [5.41, 5.74) is 2.30. The lowest BCUT2D eigenvalue weighted by atomic mass is 9.36. The number of carbonyl (C=O) groups excluding carboxylic acids is 3. The first-order valence-electron chi connectivity index (χ1n) is 20.1. The summed E-state index contributed by atoms with van der Waals surface area (Å²) in [7, 11) is 3.18. The van der Waals surface area contributed by atoms with Crippen LogP contribution in [0.1, 0.15) is 126 Å². The summed E-state index contributed by atoms with van der Waals surface area (Å²) in [4.78, 5) is 40.0. The van der Waals surface area contributed by atoms with E-state index in [9.17, 15) is 24.6 Å². The van der Waals surface area contributed by atoms with Crippen molar-refractivity contribution < 1.29 is 48.3 Å². The van der Waals surface area contributed by atoms with Crippen LogP contribution < -0.4 is 9.47 Å². The molecule has 4 saturated carbocycles. The topological polar surface area (TPSA) is 138 Å². The molecule has 0 heterocycles. The molecule has 0 aromatic heterocycles. The maximum absolute atomic E-state index is 14.5. The second-order valence-corrected chi connectivity index (χ2v) is 18.8. The van der Waals surface area contributed by atoms with Crippen LogP contribution in [0.4, 0.5) is 0 Å². The molecule has 2 N–H and O–H groups in total. The number of hydrogen-bond donors (Lipinski definition) is 2. The van der Waals surface area contributed by atoms with Gasteiger partial charge in [0, 0.05) is 12.5 Å². The average molecular weight is 767 g/mol. The second-order valence-electron chi connectivity index (χ2n) is 18.8. The first kappa shape index (κ1) is 42.8. The van der Waals surface area contributed by atoms with Gasteiger partial charge < -0.3 is 33.9 Å². The predicted molar refractivity (Wildman–Crippen MR) is 210 cm³/mol. The normalized spacial score (nSPS) is 35.0. The molecular weight excluding hydrogens is 700 g/mol. The van der Waals surface area contributed by atoms with Gasteiger partial charge in [0.05, 0.1) is 31.8 Å². The highest BCUT2D eigenvalue weighted by atomic mass is 16.7. The van der Waals surface area contributed by atoms with Crippen LogP contribution in [0.25, 0.3) is 5.57 Å². The summed E-state index contributed by atoms with van der Waals surface area (Å²) < 4.78 is 28.4. The Morgan fingerprint density at radius 3 is 2.15 bits per heavy atom. The first-order valence-corrected chi connectivity index (χ1v) is 20.1. The van der Waals surface area contributed by atoms with E-state index in [0.717, 1.165) is 36.0 Å². The molecule has 1 aromatic rings. The lowest BCUT2D eigenvalue weighted by Gasteiger charge is -2.69. The van der Waals surface area contributed by atoms with E-state index in [1.807, 2.05) is 32.0 Å². The smallest absolute Gasteiger partial charge is 0.336 e. The number of fused-ring (bicyclic) bond motifs is 5. The van der Waals surface area contributed by atoms with E-state index >= 15 is 0 Å². The minimum atomic E-state index is -0.784. The largest absolute Gasteiger partial charge is 0.493 e. The molecule has 5 rings (SSSR count). The van der Waals surface area contributed by atoms with Gasteiger partial charge in [-0.3, -0.25) is 9.59 Å². The lowest BCUT2D eigenvalue weighted by Crippen LogP contribution is -2.65. The van der Waals surface area contributed by atoms with Crippen molar-refractivity contribution in [3.63, 3.8) is 0 Å². The van der Waals surface area contributed by atoms with Gasteiger partial charge >= 0.3 is 17.9 Å². The molecule has 0 spiro atoms. The van der Waals surface area contributed by atoms with Crippen molar-refractivity contribution in [2.75, 3.05) is 21.0 Å². The Labute approximate surface area is 328 Å². The molecule has 2 unspecified atom stereocenters. The highest BCUT2D eigenvalue weighted by molar-refractivity contribution is 5.90. The minimum absolute atomic E-state index is 0.0400. The van der Waals surface area contributed by atoms with E-state index in [1.165, 1.54) is 6.92 Å². The van der Waals surface area contributed by atoms with E-state index in [1.54, 1.807) is 35.0 Å². The number of hydrogen-bond acceptors (Lipinski definition) is 10. The summed E-state index contributed by atoms with van der Waals surface area (Å²) >= 11 is 0. The Hall–Kier alpha value is -3.37. The van der Waals surface area contributed by atoms with E-state index in [2.05, 4.69) is 27.7 Å². The summed E-state index contributed by atoms with van der Waals surface area (Å²) in [5.74, 6) is -0.284. The molecule has 0 bridgehead atoms. The van der Waals surface area contributed by atoms with E-state index in [4.69, 9.17) is 23.7 Å². The number of carbonyl (C=O) groups is 3. The summed E-state index contributed by atoms with van der Waals surface area (Å²) in [6.07, 6.45) is 3.22. The molecule has 0 aliphatic heterocycles. The van der Waals surface area contributed by atoms with Gasteiger partial charge in [-0.05, 0) is 155 Å². The Morgan fingerprint density at radius 2 is 1.55 bits per heavy atom. The van der Waals surface area contributed by atoms with Crippen LogP contribution in [0.5, 0.6) is 11.5 Å². The van der Waals surface area contributed by atoms with Crippen molar-refractivity contribution in [2.45, 2.75) is 139 Å². The van der Waals surface area contributed by atoms with Crippen molar-refractivity contribution in [1.29, 1.82) is 0 Å². The highest BCUT2D eigenvalue weighted by Crippen LogP contribution is 2.74. The molecule has 0 radical (unpaired) electrons. The van der Waals surface area contributed by atoms with Gasteiger partial charge in [0.2, 0.25) is 6.79 Å². The minimum Gasteiger partial charge on any atom is -0.493 e. The Morgan fingerprint density at radius 1 is 0.873 bits per heavy atom. The fourth-order valence-electron chi connectivity index (χ4n) is 11.7. The maximum atomic E-state index is 14.5. The zero-order valence-corrected chi connectivity index (χ0v) is 35.3. The molecule has 55 heavy (non-hydrogen) atoms. The van der Waals surface area contributed by atoms with Crippen LogP contribution in [-0.4, -0.2) is 67.4 Å². The van der Waals surface area contributed by atoms with Gasteiger partial charge in [-0.25, -0.2) is 4.79 Å². The zero-order chi connectivity index (χ0) is 40.8. The number of esters is 3. The van der Waals surface area contributed by atoms with Gasteiger partial charge in [-0.15, -0.1) is 0 Å². The highest BCUT2D eigenvalue weighted by Gasteiger charge is 2.71. The van der Waals surface area contributed by atoms with Gasteiger partial charge in [0.15, 0.2) is 11.5 Å². The summed E-state index contributed by atoms with van der Waals surface area (Å²) in [6, 6.07) is 5.75. The number of benzene rings is 1. The number of rotatable bonds is 10. The van der Waals surface area contributed by atoms with Gasteiger partial charge in [-0.1, -0.05) is 39.3 Å². The molecule has 0 amide bonds. The second kappa shape index (κ2) is 15.9. The van der Waals surface area contributed by atoms with Crippen LogP contribution in [0, 0.1) is 45.3 Å². The third kappa shape index (κ3) is 7.71. The fraction of sp³-hybridized carbons (Fsp3) is 0.711. The lowest BCUT2D eigenvalue weighted by molar-refractivity contribution is -0.234. The van der Waals surface area contributed by atoms with E-state index < -0.39 is 47.7 Å². The van der Waals surface area contributed by atoms with Gasteiger partial charge in [-0.2, -0.15) is 0 Å². The van der Waals surface area contributed by atoms with Crippen molar-refractivity contribution in [3.8, 4) is 11.5 Å². The fourth-order valence-corrected chi connectivity index (χ4v) is 11.7. The summed E-state index contributed by atoms with van der Waals surface area (Å²) in [6.45, 7) is 19.1. The quantitative estimate of drug-likeness (QED) is 0.136. The molecule has 10 atom stereocenters. The third-order valence-electron chi connectivity index (χ3n) is 14.6. The molecule has 1 aromatic carbocycles. The van der Waals surface area contributed by atoms with E-state index in [0.29, 0.717) is 48.3 Å². The number of methoxy groups -OCH3 is 2. The third-order valence-corrected chi connectivity index (χ3v) is 14.6. The average Bonchev–Trinajstić information content (AvgIpc) is 3.38. The standard InChI is InChI=1S/C45H66O10/c1-25(2)29(28-13-16-35(51-11)36(21-28)52-12)14-15-30(40(49)53-24-54-41(50)42(5,6)7)38-32-22-34(48)39-43(8)19-18-33(47)26(3)31(43)17-20-44(39,9)45(32,10)23-37(38)55-27(4)46/h13,16,21,26,31-34,37,39,47-48H,14-15,17-20,22-24H2,1-12H3/b38-30-/t26-,31?,32?,33+,34+,37-,39-,43-,44-,45-/m0/s1. The first-order chi connectivity index (χ1) is 25.6. The summed E-state index contributed by atoms with van der Waals surface area (Å²) in [5, 5.41) is 23.3. The Bertz CT molecular complexity index is 1700. The molecule has 4 aliphatic carbocycles. The Kier molecular flexibility index (Phi) is 12.3. The van der Waals surface area contributed by atoms with Crippen molar-refractivity contribution in [1.82, 2.24) is 0 Å². The van der Waals surface area contributed by atoms with Crippen molar-refractivity contribution in [2.24, 2.45) is 45.3 Å². The molecule has 10 heteroatoms. The van der Waals surface area contributed by atoms with Crippen LogP contribution in [0.2, 0.25) is 0 Å². The van der Waals surface area contributed by atoms with Crippen molar-refractivity contribution >= 4 is 23.5 Å². The molecule has 4 aliphatic rings. The Balaban J connectivity index is 1.61. The van der Waals surface area contributed by atoms with Crippen molar-refractivity contribution in [3.05, 3.63) is 40.5 Å². The zero-order valence-electron chi connectivity index (χ0n) is 35.3. The monoisotopic (exact) mass is 766 g/mol. The van der Waals surface area contributed by atoms with Crippen LogP contribution in [-0.2, 0) is 28.6 Å². The number of allylic oxidation sites excluding steroid dienone is 2. The van der Waals surface area contributed by atoms with Gasteiger partial charge in [0.25, 0.3) is 0 Å². The number of aliphatic hydroxyl groups excluding tert-OH is 2. The number of ether oxygens (including phenoxy) is 5. The van der Waals surface area contributed by atoms with Crippen LogP contribution >= 0.6 is 0 Å². The van der Waals surface area contributed by atoms with Crippen LogP contribution in [0.3, 0.4) is 0 Å². The molecule has 10 nitrogen and oxygen atoms in total. The molecule has 4 fully saturated rings. The van der Waals surface area contributed by atoms with Gasteiger partial charge in [0.1, 0.15) is 6.10 Å². The SMILES string of the molecule is COc1ccc(C(CC/C(C(=O)OCOC(=O)C(C)(C)C)=C2\C3C[C@@H](O)[C@H]4[C@@]5(C)CC[C@@H](O)[C@@H](C)C5CC[C@]4(C)[C@@]3(C)C[C@@H]2OC(C)=O)=C(C)C)cc1OC. The molecule has 0 saturated heterocycles. The predicted octanol–water partition coefficient (Wildman–Crippen LogP) is 8.22. The molecular formula is C45H66O10. The number of aliphatic hydroxyl groups is 2. The maximum Gasteiger partial charge on any atom is 0.336 e. The van der Waals surface area contributed by atoms with E-state index in [-0.39, 0.29) is 47.0 Å².